The van der Waals surface area contributed by atoms with Crippen LogP contribution in [0.2, 0.25) is 18.1 Å². The first-order valence-electron chi connectivity index (χ1n) is 6.59. The van der Waals surface area contributed by atoms with Gasteiger partial charge in [0.25, 0.3) is 0 Å². The molecule has 2 heteroatoms. The van der Waals surface area contributed by atoms with Crippen LogP contribution in [0.1, 0.15) is 60.8 Å². The molecule has 0 aromatic carbocycles. The molecule has 0 aliphatic rings. The molecule has 0 aliphatic carbocycles. The summed E-state index contributed by atoms with van der Waals surface area (Å²) in [5.74, 6) is 0. The molecule has 0 atom stereocenters. The summed E-state index contributed by atoms with van der Waals surface area (Å²) < 4.78 is 6.49. The van der Waals surface area contributed by atoms with Crippen LogP contribution >= 0.6 is 0 Å². The van der Waals surface area contributed by atoms with Crippen molar-refractivity contribution in [3.8, 4) is 0 Å². The predicted octanol–water partition coefficient (Wildman–Crippen LogP) is 4.98. The molecule has 0 saturated carbocycles. The summed E-state index contributed by atoms with van der Waals surface area (Å²) in [5.41, 5.74) is 0.0474. The number of hydrogen-bond acceptors (Lipinski definition) is 1. The highest BCUT2D eigenvalue weighted by Gasteiger charge is 2.35. The van der Waals surface area contributed by atoms with Gasteiger partial charge in [0, 0.05) is 5.60 Å². The van der Waals surface area contributed by atoms with Crippen LogP contribution in [-0.4, -0.2) is 13.9 Å². The molecule has 1 nitrogen and oxygen atoms in total. The van der Waals surface area contributed by atoms with Crippen LogP contribution in [0.5, 0.6) is 0 Å². The molecular formula is C13H30OSi. The van der Waals surface area contributed by atoms with Gasteiger partial charge in [-0.1, -0.05) is 40.0 Å². The van der Waals surface area contributed by atoms with Crippen molar-refractivity contribution in [2.45, 2.75) is 84.5 Å². The van der Waals surface area contributed by atoms with Gasteiger partial charge in [0.15, 0.2) is 8.32 Å². The van der Waals surface area contributed by atoms with E-state index in [2.05, 4.69) is 41.5 Å². The molecule has 0 unspecified atom stereocenters. The first-order valence-corrected chi connectivity index (χ1v) is 9.12. The van der Waals surface area contributed by atoms with E-state index in [4.69, 9.17) is 4.43 Å². The minimum Gasteiger partial charge on any atom is -0.412 e. The van der Waals surface area contributed by atoms with Gasteiger partial charge in [0.2, 0.25) is 0 Å². The summed E-state index contributed by atoms with van der Waals surface area (Å²) in [5, 5.41) is 0. The van der Waals surface area contributed by atoms with Crippen molar-refractivity contribution >= 4 is 8.32 Å². The van der Waals surface area contributed by atoms with Gasteiger partial charge < -0.3 is 4.43 Å². The zero-order chi connectivity index (χ0) is 11.9. The van der Waals surface area contributed by atoms with Crippen molar-refractivity contribution < 1.29 is 4.43 Å². The molecule has 0 aromatic heterocycles. The van der Waals surface area contributed by atoms with Crippen molar-refractivity contribution in [1.29, 1.82) is 0 Å². The molecule has 0 fully saturated rings. The standard InChI is InChI=1S/C13H30OSi/c1-7-10-15(11-8-2,12-9-3)14-13(4,5)6/h7-12H2,1-6H3. The Hall–Kier alpha value is 0.177. The van der Waals surface area contributed by atoms with Gasteiger partial charge in [-0.05, 0) is 38.9 Å². The maximum atomic E-state index is 6.49. The van der Waals surface area contributed by atoms with E-state index in [0.29, 0.717) is 0 Å². The second-order valence-electron chi connectivity index (χ2n) is 5.65. The van der Waals surface area contributed by atoms with E-state index in [9.17, 15) is 0 Å². The highest BCUT2D eigenvalue weighted by molar-refractivity contribution is 6.73. The fourth-order valence-electron chi connectivity index (χ4n) is 2.54. The van der Waals surface area contributed by atoms with Crippen molar-refractivity contribution in [1.82, 2.24) is 0 Å². The van der Waals surface area contributed by atoms with Crippen LogP contribution in [0.4, 0.5) is 0 Å². The monoisotopic (exact) mass is 230 g/mol. The highest BCUT2D eigenvalue weighted by atomic mass is 28.4. The third kappa shape index (κ3) is 6.36. The lowest BCUT2D eigenvalue weighted by Gasteiger charge is -2.38. The Morgan fingerprint density at radius 3 is 1.33 bits per heavy atom. The van der Waals surface area contributed by atoms with Gasteiger partial charge in [-0.2, -0.15) is 0 Å². The third-order valence-electron chi connectivity index (χ3n) is 2.64. The van der Waals surface area contributed by atoms with E-state index >= 15 is 0 Å². The molecule has 0 N–H and O–H groups in total. The van der Waals surface area contributed by atoms with E-state index < -0.39 is 8.32 Å². The maximum Gasteiger partial charge on any atom is 0.193 e. The van der Waals surface area contributed by atoms with Gasteiger partial charge in [0.05, 0.1) is 0 Å². The van der Waals surface area contributed by atoms with E-state index in [0.717, 1.165) is 0 Å². The maximum absolute atomic E-state index is 6.49. The van der Waals surface area contributed by atoms with Gasteiger partial charge >= 0.3 is 0 Å². The van der Waals surface area contributed by atoms with Crippen molar-refractivity contribution in [3.05, 3.63) is 0 Å². The molecular weight excluding hydrogens is 200 g/mol. The zero-order valence-electron chi connectivity index (χ0n) is 11.7. The summed E-state index contributed by atoms with van der Waals surface area (Å²) in [6.45, 7) is 13.5. The highest BCUT2D eigenvalue weighted by Crippen LogP contribution is 2.31. The van der Waals surface area contributed by atoms with Crippen molar-refractivity contribution in [2.24, 2.45) is 0 Å². The van der Waals surface area contributed by atoms with Gasteiger partial charge in [-0.3, -0.25) is 0 Å². The van der Waals surface area contributed by atoms with E-state index in [1.54, 1.807) is 0 Å². The largest absolute Gasteiger partial charge is 0.412 e. The van der Waals surface area contributed by atoms with Gasteiger partial charge in [-0.15, -0.1) is 0 Å². The van der Waals surface area contributed by atoms with E-state index in [1.807, 2.05) is 0 Å². The molecule has 0 spiro atoms. The second kappa shape index (κ2) is 6.69. The second-order valence-corrected chi connectivity index (χ2v) is 9.72. The molecule has 0 aliphatic heterocycles. The Bertz CT molecular complexity index is 143. The molecule has 0 heterocycles. The smallest absolute Gasteiger partial charge is 0.193 e. The Labute approximate surface area is 97.7 Å². The minimum absolute atomic E-state index is 0.0474. The lowest BCUT2D eigenvalue weighted by molar-refractivity contribution is 0.114. The molecule has 0 amide bonds. The average Bonchev–Trinajstić information content (AvgIpc) is 2.01. The van der Waals surface area contributed by atoms with Crippen LogP contribution in [0.3, 0.4) is 0 Å². The first kappa shape index (κ1) is 15.2. The summed E-state index contributed by atoms with van der Waals surface area (Å²) in [6, 6.07) is 4.02. The summed E-state index contributed by atoms with van der Waals surface area (Å²) in [7, 11) is -1.43. The molecule has 0 radical (unpaired) electrons. The Morgan fingerprint density at radius 1 is 0.800 bits per heavy atom. The molecule has 0 rings (SSSR count). The van der Waals surface area contributed by atoms with E-state index in [-0.39, 0.29) is 5.60 Å². The molecule has 0 aromatic rings. The van der Waals surface area contributed by atoms with Gasteiger partial charge in [-0.25, -0.2) is 0 Å². The molecule has 0 bridgehead atoms. The van der Waals surface area contributed by atoms with E-state index in [1.165, 1.54) is 37.4 Å². The Morgan fingerprint density at radius 2 is 1.13 bits per heavy atom. The Kier molecular flexibility index (Phi) is 6.77. The van der Waals surface area contributed by atoms with Crippen molar-refractivity contribution in [2.75, 3.05) is 0 Å². The summed E-state index contributed by atoms with van der Waals surface area (Å²) >= 11 is 0. The lowest BCUT2D eigenvalue weighted by atomic mass is 10.2. The zero-order valence-corrected chi connectivity index (χ0v) is 12.7. The summed E-state index contributed by atoms with van der Waals surface area (Å²) in [6.07, 6.45) is 3.84. The molecule has 0 saturated heterocycles. The van der Waals surface area contributed by atoms with Gasteiger partial charge in [0.1, 0.15) is 0 Å². The quantitative estimate of drug-likeness (QED) is 0.561. The third-order valence-corrected chi connectivity index (χ3v) is 7.92. The van der Waals surface area contributed by atoms with Crippen LogP contribution in [0.25, 0.3) is 0 Å². The fourth-order valence-corrected chi connectivity index (χ4v) is 7.63. The SMILES string of the molecule is CCC[Si](CCC)(CCC)OC(C)(C)C. The van der Waals surface area contributed by atoms with Crippen molar-refractivity contribution in [3.63, 3.8) is 0 Å². The predicted molar refractivity (Wildman–Crippen MR) is 71.9 cm³/mol. The molecule has 15 heavy (non-hydrogen) atoms. The normalized spacial score (nSPS) is 13.2. The Balaban J connectivity index is 4.60. The lowest BCUT2D eigenvalue weighted by Crippen LogP contribution is -2.44. The number of hydrogen-bond donors (Lipinski definition) is 0. The van der Waals surface area contributed by atoms with Crippen LogP contribution in [-0.2, 0) is 4.43 Å². The van der Waals surface area contributed by atoms with Crippen LogP contribution in [0.15, 0.2) is 0 Å². The summed E-state index contributed by atoms with van der Waals surface area (Å²) in [4.78, 5) is 0. The minimum atomic E-state index is -1.43. The van der Waals surface area contributed by atoms with Crippen LogP contribution < -0.4 is 0 Å². The first-order chi connectivity index (χ1) is 6.89. The molecule has 92 valence electrons. The topological polar surface area (TPSA) is 9.23 Å². The average molecular weight is 230 g/mol. The number of rotatable bonds is 7. The van der Waals surface area contributed by atoms with Crippen LogP contribution in [0, 0.1) is 0 Å². The fraction of sp³-hybridized carbons (Fsp3) is 1.00.